The number of allylic oxidation sites excluding steroid dienone is 12. The van der Waals surface area contributed by atoms with Crippen LogP contribution in [0, 0.1) is 20.8 Å². The molecule has 0 radical (unpaired) electrons. The molecule has 4 nitrogen and oxygen atoms in total. The number of aryl methyl sites for hydroxylation is 3. The Balaban J connectivity index is 1.49. The average molecular weight is 579 g/mol. The Hall–Kier alpha value is -5.74. The largest absolute Gasteiger partial charge is 0.249 e. The monoisotopic (exact) mass is 578 g/mol. The first-order valence-corrected chi connectivity index (χ1v) is 15.2. The van der Waals surface area contributed by atoms with Gasteiger partial charge in [-0.2, -0.15) is 0 Å². The van der Waals surface area contributed by atoms with Crippen molar-refractivity contribution in [3.8, 4) is 0 Å². The van der Waals surface area contributed by atoms with Gasteiger partial charge in [0.15, 0.2) is 0 Å². The average Bonchev–Trinajstić information content (AvgIpc) is 3.84. The predicted octanol–water partition coefficient (Wildman–Crippen LogP) is 9.09. The summed E-state index contributed by atoms with van der Waals surface area (Å²) in [5.41, 5.74) is 17.0. The van der Waals surface area contributed by atoms with E-state index in [1.54, 1.807) is 0 Å². The first kappa shape index (κ1) is 26.9. The van der Waals surface area contributed by atoms with E-state index in [1.165, 1.54) is 16.7 Å². The van der Waals surface area contributed by atoms with E-state index in [1.807, 2.05) is 36.5 Å². The lowest BCUT2D eigenvalue weighted by atomic mass is 9.87. The smallest absolute Gasteiger partial charge is 0.0822 e. The van der Waals surface area contributed by atoms with Crippen LogP contribution in [0.4, 0.5) is 0 Å². The summed E-state index contributed by atoms with van der Waals surface area (Å²) in [6.07, 6.45) is 18.4. The molecular weight excluding hydrogens is 548 g/mol. The van der Waals surface area contributed by atoms with Crippen LogP contribution in [0.3, 0.4) is 0 Å². The number of aliphatic imine (C=N–C) groups is 4. The Morgan fingerprint density at radius 1 is 0.356 bits per heavy atom. The molecule has 0 fully saturated rings. The zero-order chi connectivity index (χ0) is 30.5. The van der Waals surface area contributed by atoms with Gasteiger partial charge in [0.05, 0.1) is 45.6 Å². The van der Waals surface area contributed by atoms with E-state index in [9.17, 15) is 0 Å². The highest BCUT2D eigenvalue weighted by atomic mass is 14.9. The van der Waals surface area contributed by atoms with E-state index in [4.69, 9.17) is 20.0 Å². The lowest BCUT2D eigenvalue weighted by molar-refractivity contribution is 1.39. The zero-order valence-electron chi connectivity index (χ0n) is 25.4. The second-order valence-electron chi connectivity index (χ2n) is 11.8. The lowest BCUT2D eigenvalue weighted by Gasteiger charge is -2.15. The van der Waals surface area contributed by atoms with Crippen LogP contribution >= 0.6 is 0 Å². The molecule has 8 bridgehead atoms. The minimum atomic E-state index is 0.852. The van der Waals surface area contributed by atoms with Crippen LogP contribution in [0.25, 0.3) is 16.7 Å². The van der Waals surface area contributed by atoms with Gasteiger partial charge in [-0.25, -0.2) is 20.0 Å². The molecule has 5 aliphatic rings. The Kier molecular flexibility index (Phi) is 6.42. The molecule has 214 valence electrons. The van der Waals surface area contributed by atoms with E-state index in [0.29, 0.717) is 0 Å². The van der Waals surface area contributed by atoms with Gasteiger partial charge in [0.2, 0.25) is 0 Å². The number of nitrogens with zero attached hydrogens (tertiary/aromatic N) is 4. The summed E-state index contributed by atoms with van der Waals surface area (Å²) < 4.78 is 0. The van der Waals surface area contributed by atoms with Gasteiger partial charge < -0.3 is 0 Å². The van der Waals surface area contributed by atoms with Crippen LogP contribution in [0.1, 0.15) is 33.4 Å². The van der Waals surface area contributed by atoms with Crippen LogP contribution in [0.2, 0.25) is 0 Å². The fourth-order valence-corrected chi connectivity index (χ4v) is 6.05. The lowest BCUT2D eigenvalue weighted by Crippen LogP contribution is -2.03. The van der Waals surface area contributed by atoms with Crippen molar-refractivity contribution in [2.75, 3.05) is 0 Å². The minimum absolute atomic E-state index is 0.852. The van der Waals surface area contributed by atoms with Gasteiger partial charge in [-0.05, 0) is 92.1 Å². The highest BCUT2D eigenvalue weighted by Crippen LogP contribution is 2.44. The molecule has 3 aromatic rings. The molecule has 5 aliphatic heterocycles. The molecule has 0 aliphatic carbocycles. The van der Waals surface area contributed by atoms with E-state index < -0.39 is 0 Å². The molecule has 0 saturated heterocycles. The topological polar surface area (TPSA) is 49.4 Å². The molecule has 3 aromatic carbocycles. The molecule has 0 aromatic heterocycles. The summed E-state index contributed by atoms with van der Waals surface area (Å²) in [6.45, 7) is 6.35. The number of hydrogen-bond acceptors (Lipinski definition) is 4. The quantitative estimate of drug-likeness (QED) is 0.298. The van der Waals surface area contributed by atoms with Crippen LogP contribution < -0.4 is 0 Å². The second kappa shape index (κ2) is 10.8. The van der Waals surface area contributed by atoms with Gasteiger partial charge in [0, 0.05) is 16.7 Å². The maximum absolute atomic E-state index is 5.49. The molecule has 0 N–H and O–H groups in total. The molecule has 0 amide bonds. The molecule has 4 heteroatoms. The van der Waals surface area contributed by atoms with Crippen molar-refractivity contribution >= 4 is 39.6 Å². The summed E-state index contributed by atoms with van der Waals surface area (Å²) in [5, 5.41) is 0. The number of fused-ring (bicyclic) bond motifs is 4. The predicted molar refractivity (Wildman–Crippen MR) is 189 cm³/mol. The molecule has 45 heavy (non-hydrogen) atoms. The molecule has 8 rings (SSSR count). The first-order chi connectivity index (χ1) is 22.0. The second-order valence-corrected chi connectivity index (χ2v) is 11.8. The first-order valence-electron chi connectivity index (χ1n) is 15.2. The van der Waals surface area contributed by atoms with Gasteiger partial charge in [-0.15, -0.1) is 0 Å². The Morgan fingerprint density at radius 3 is 1.36 bits per heavy atom. The summed E-state index contributed by atoms with van der Waals surface area (Å²) in [4.78, 5) is 20.4. The minimum Gasteiger partial charge on any atom is -0.249 e. The van der Waals surface area contributed by atoms with E-state index in [-0.39, 0.29) is 0 Å². The highest BCUT2D eigenvalue weighted by Gasteiger charge is 2.30. The van der Waals surface area contributed by atoms with Crippen molar-refractivity contribution < 1.29 is 0 Å². The summed E-state index contributed by atoms with van der Waals surface area (Å²) >= 11 is 0. The van der Waals surface area contributed by atoms with E-state index in [2.05, 4.69) is 112 Å². The van der Waals surface area contributed by atoms with Gasteiger partial charge in [-0.3, -0.25) is 0 Å². The third kappa shape index (κ3) is 5.11. The molecule has 0 spiro atoms. The van der Waals surface area contributed by atoms with Crippen LogP contribution in [-0.2, 0) is 0 Å². The molecule has 0 saturated carbocycles. The number of hydrogen-bond donors (Lipinski definition) is 0. The third-order valence-corrected chi connectivity index (χ3v) is 8.39. The maximum atomic E-state index is 5.49. The molecule has 5 heterocycles. The normalized spacial score (nSPS) is 18.2. The van der Waals surface area contributed by atoms with Crippen molar-refractivity contribution in [2.45, 2.75) is 20.8 Å². The number of rotatable bonds is 3. The van der Waals surface area contributed by atoms with Crippen molar-refractivity contribution in [3.05, 3.63) is 184 Å². The zero-order valence-corrected chi connectivity index (χ0v) is 25.4. The van der Waals surface area contributed by atoms with Crippen LogP contribution in [-0.4, -0.2) is 22.8 Å². The molecule has 0 unspecified atom stereocenters. The van der Waals surface area contributed by atoms with Gasteiger partial charge >= 0.3 is 0 Å². The summed E-state index contributed by atoms with van der Waals surface area (Å²) in [7, 11) is 0. The highest BCUT2D eigenvalue weighted by molar-refractivity contribution is 6.43. The van der Waals surface area contributed by atoms with Crippen molar-refractivity contribution in [3.63, 3.8) is 0 Å². The Labute approximate surface area is 263 Å². The Bertz CT molecular complexity index is 2160. The van der Waals surface area contributed by atoms with Crippen LogP contribution in [0.5, 0.6) is 0 Å². The molecule has 0 atom stereocenters. The van der Waals surface area contributed by atoms with Gasteiger partial charge in [0.25, 0.3) is 0 Å². The standard InChI is InChI=1S/C41H30N4/c1-25-4-10-28(11-5-25)38-37-24-35-19-18-32(43-35)22-31-16-17-33(42-31)23-34-20-21-36(44-34)39(29-12-6-26(2)7-13-29)41(45-37)40(38)30-14-8-27(3)9-15-30/h4-24H,1-3H3. The molecular formula is C41H30N4. The number of benzene rings is 3. The Morgan fingerprint density at radius 2 is 0.800 bits per heavy atom. The van der Waals surface area contributed by atoms with Crippen LogP contribution in [0.15, 0.2) is 170 Å². The SMILES string of the molecule is Cc1ccc(C2=C3N=C(C=C4C=CC(=N4)C=C4C=CC(=N4)C=C4C=CC2=N4)C(c2ccc(C)cc2)=C3c2ccc(C)cc2)cc1. The van der Waals surface area contributed by atoms with Crippen molar-refractivity contribution in [1.82, 2.24) is 0 Å². The summed E-state index contributed by atoms with van der Waals surface area (Å²) in [6, 6.07) is 26.1. The summed E-state index contributed by atoms with van der Waals surface area (Å²) in [5.74, 6) is 0. The van der Waals surface area contributed by atoms with Crippen molar-refractivity contribution in [1.29, 1.82) is 0 Å². The fourth-order valence-electron chi connectivity index (χ4n) is 6.05. The van der Waals surface area contributed by atoms with Gasteiger partial charge in [-0.1, -0.05) is 89.5 Å². The fraction of sp³-hybridized carbons (Fsp3) is 0.0732. The van der Waals surface area contributed by atoms with E-state index >= 15 is 0 Å². The third-order valence-electron chi connectivity index (χ3n) is 8.39. The van der Waals surface area contributed by atoms with E-state index in [0.717, 1.165) is 79.0 Å². The maximum Gasteiger partial charge on any atom is 0.0822 e. The van der Waals surface area contributed by atoms with Crippen molar-refractivity contribution in [2.24, 2.45) is 20.0 Å². The van der Waals surface area contributed by atoms with Gasteiger partial charge in [0.1, 0.15) is 0 Å².